The van der Waals surface area contributed by atoms with Gasteiger partial charge in [0, 0.05) is 49.1 Å². The molecule has 10 rings (SSSR count). The summed E-state index contributed by atoms with van der Waals surface area (Å²) in [7, 11) is 0. The topological polar surface area (TPSA) is 11.4 Å². The summed E-state index contributed by atoms with van der Waals surface area (Å²) >= 11 is 3.87. The van der Waals surface area contributed by atoms with Gasteiger partial charge >= 0.3 is 0 Å². The van der Waals surface area contributed by atoms with E-state index in [4.69, 9.17) is 0 Å². The van der Waals surface area contributed by atoms with Crippen molar-refractivity contribution in [1.82, 2.24) is 4.57 Å². The second kappa shape index (κ2) is 15.4. The van der Waals surface area contributed by atoms with Gasteiger partial charge in [-0.05, 0) is 83.9 Å². The van der Waals surface area contributed by atoms with Gasteiger partial charge in [-0.15, -0.1) is 0 Å². The summed E-state index contributed by atoms with van der Waals surface area (Å²) in [4.78, 5) is 4.87. The van der Waals surface area contributed by atoms with Crippen molar-refractivity contribution in [3.05, 3.63) is 235 Å². The Balaban J connectivity index is 1.39. The lowest BCUT2D eigenvalue weighted by Gasteiger charge is -2.33. The molecule has 0 spiro atoms. The maximum absolute atomic E-state index is 3.87. The van der Waals surface area contributed by atoms with Gasteiger partial charge in [-0.3, -0.25) is 0 Å². The molecule has 0 saturated carbocycles. The van der Waals surface area contributed by atoms with E-state index in [9.17, 15) is 0 Å². The van der Waals surface area contributed by atoms with Gasteiger partial charge in [-0.1, -0.05) is 174 Å². The summed E-state index contributed by atoms with van der Waals surface area (Å²) in [5.41, 5.74) is 14.3. The molecule has 4 heteroatoms. The lowest BCUT2D eigenvalue weighted by molar-refractivity contribution is 1.17. The van der Waals surface area contributed by atoms with Gasteiger partial charge in [-0.2, -0.15) is 0 Å². The van der Waals surface area contributed by atoms with E-state index in [2.05, 4.69) is 261 Å². The van der Waals surface area contributed by atoms with E-state index in [1.807, 2.05) is 0 Å². The number of halogens is 1. The predicted molar refractivity (Wildman–Crippen MR) is 249 cm³/mol. The van der Waals surface area contributed by atoms with Crippen LogP contribution in [-0.4, -0.2) is 4.57 Å². The van der Waals surface area contributed by atoms with Crippen molar-refractivity contribution in [2.75, 3.05) is 9.80 Å². The summed E-state index contributed by atoms with van der Waals surface area (Å²) in [6, 6.07) is 82.6. The molecule has 276 valence electrons. The number of fused-ring (bicyclic) bond motifs is 3. The molecule has 0 aliphatic rings. The van der Waals surface area contributed by atoms with E-state index in [0.717, 1.165) is 77.6 Å². The van der Waals surface area contributed by atoms with Crippen LogP contribution in [0.3, 0.4) is 0 Å². The quantitative estimate of drug-likeness (QED) is 0.144. The molecular weight excluding hydrogens is 771 g/mol. The minimum absolute atomic E-state index is 1.00. The van der Waals surface area contributed by atoms with Gasteiger partial charge < -0.3 is 14.4 Å². The Bertz CT molecular complexity index is 2900. The van der Waals surface area contributed by atoms with E-state index in [1.54, 1.807) is 0 Å². The number of para-hydroxylation sites is 5. The normalized spacial score (nSPS) is 11.2. The first kappa shape index (κ1) is 35.3. The first-order valence-corrected chi connectivity index (χ1v) is 20.3. The summed E-state index contributed by atoms with van der Waals surface area (Å²) in [6.07, 6.45) is 0. The zero-order chi connectivity index (χ0) is 38.8. The Kier molecular flexibility index (Phi) is 9.38. The number of rotatable bonds is 9. The van der Waals surface area contributed by atoms with Crippen LogP contribution in [0.4, 0.5) is 34.1 Å². The van der Waals surface area contributed by atoms with Crippen molar-refractivity contribution in [3.8, 4) is 27.9 Å². The molecule has 9 aromatic carbocycles. The van der Waals surface area contributed by atoms with Gasteiger partial charge in [0.15, 0.2) is 0 Å². The fourth-order valence-corrected chi connectivity index (χ4v) is 8.70. The van der Waals surface area contributed by atoms with E-state index >= 15 is 0 Å². The number of hydrogen-bond acceptors (Lipinski definition) is 2. The van der Waals surface area contributed by atoms with Crippen LogP contribution in [0.2, 0.25) is 0 Å². The van der Waals surface area contributed by atoms with E-state index in [-0.39, 0.29) is 0 Å². The van der Waals surface area contributed by atoms with E-state index in [0.29, 0.717) is 0 Å². The molecule has 0 aliphatic heterocycles. The smallest absolute Gasteiger partial charge is 0.0618 e. The molecule has 0 saturated heterocycles. The summed E-state index contributed by atoms with van der Waals surface area (Å²) in [5, 5.41) is 2.35. The largest absolute Gasteiger partial charge is 0.310 e. The number of aromatic nitrogens is 1. The molecule has 0 amide bonds. The zero-order valence-corrected chi connectivity index (χ0v) is 33.2. The highest BCUT2D eigenvalue weighted by molar-refractivity contribution is 9.10. The molecule has 1 heterocycles. The van der Waals surface area contributed by atoms with Crippen LogP contribution in [-0.2, 0) is 0 Å². The minimum Gasteiger partial charge on any atom is -0.310 e. The average molecular weight is 809 g/mol. The van der Waals surface area contributed by atoms with Crippen LogP contribution >= 0.6 is 15.9 Å². The maximum Gasteiger partial charge on any atom is 0.0618 e. The summed E-state index contributed by atoms with van der Waals surface area (Å²) in [6.45, 7) is 0. The van der Waals surface area contributed by atoms with Crippen LogP contribution in [0.1, 0.15) is 0 Å². The van der Waals surface area contributed by atoms with Gasteiger partial charge in [0.2, 0.25) is 0 Å². The molecule has 0 bridgehead atoms. The Morgan fingerprint density at radius 2 is 0.862 bits per heavy atom. The Morgan fingerprint density at radius 3 is 1.45 bits per heavy atom. The average Bonchev–Trinajstić information content (AvgIpc) is 3.63. The Hall–Kier alpha value is -7.14. The summed E-state index contributed by atoms with van der Waals surface area (Å²) < 4.78 is 3.43. The third kappa shape index (κ3) is 6.44. The number of benzene rings is 9. The van der Waals surface area contributed by atoms with Crippen LogP contribution < -0.4 is 9.80 Å². The second-order valence-corrected chi connectivity index (χ2v) is 15.2. The monoisotopic (exact) mass is 807 g/mol. The second-order valence-electron chi connectivity index (χ2n) is 14.3. The van der Waals surface area contributed by atoms with Gasteiger partial charge in [0.25, 0.3) is 0 Å². The summed E-state index contributed by atoms with van der Waals surface area (Å²) in [5.74, 6) is 0. The van der Waals surface area contributed by atoms with Crippen molar-refractivity contribution in [1.29, 1.82) is 0 Å². The molecular formula is C54H38BrN3. The molecule has 3 nitrogen and oxygen atoms in total. The highest BCUT2D eigenvalue weighted by Gasteiger charge is 2.27. The van der Waals surface area contributed by atoms with Crippen molar-refractivity contribution in [3.63, 3.8) is 0 Å². The van der Waals surface area contributed by atoms with Crippen LogP contribution in [0.25, 0.3) is 49.7 Å². The molecule has 0 radical (unpaired) electrons. The van der Waals surface area contributed by atoms with Crippen molar-refractivity contribution >= 4 is 71.9 Å². The fraction of sp³-hybridized carbons (Fsp3) is 0. The van der Waals surface area contributed by atoms with Crippen LogP contribution in [0.5, 0.6) is 0 Å². The minimum atomic E-state index is 1.00. The van der Waals surface area contributed by atoms with Crippen molar-refractivity contribution in [2.24, 2.45) is 0 Å². The third-order valence-electron chi connectivity index (χ3n) is 10.8. The van der Waals surface area contributed by atoms with Crippen LogP contribution in [0, 0.1) is 0 Å². The fourth-order valence-electron chi connectivity index (χ4n) is 8.31. The number of nitrogens with zero attached hydrogens (tertiary/aromatic N) is 3. The van der Waals surface area contributed by atoms with Gasteiger partial charge in [-0.25, -0.2) is 0 Å². The molecule has 1 aromatic heterocycles. The van der Waals surface area contributed by atoms with Gasteiger partial charge in [0.1, 0.15) is 0 Å². The van der Waals surface area contributed by atoms with Crippen LogP contribution in [0.15, 0.2) is 235 Å². The predicted octanol–water partition coefficient (Wildman–Crippen LogP) is 15.8. The Morgan fingerprint density at radius 1 is 0.362 bits per heavy atom. The van der Waals surface area contributed by atoms with Crippen molar-refractivity contribution < 1.29 is 0 Å². The molecule has 58 heavy (non-hydrogen) atoms. The molecule has 0 aliphatic carbocycles. The molecule has 10 aromatic rings. The SMILES string of the molecule is Brc1cccc(N(c2cc(N(c3ccccc3)c3ccccc3)c3c4ccccc4n(-c4ccccc4)c3c2)c2c(-c3ccccc3)cccc2-c2ccccc2)c1. The molecule has 0 atom stereocenters. The van der Waals surface area contributed by atoms with Gasteiger partial charge in [0.05, 0.1) is 28.1 Å². The lowest BCUT2D eigenvalue weighted by Crippen LogP contribution is -2.15. The van der Waals surface area contributed by atoms with E-state index in [1.165, 1.54) is 10.8 Å². The highest BCUT2D eigenvalue weighted by Crippen LogP contribution is 2.51. The zero-order valence-electron chi connectivity index (χ0n) is 31.7. The first-order valence-electron chi connectivity index (χ1n) is 19.6. The molecule has 0 unspecified atom stereocenters. The highest BCUT2D eigenvalue weighted by atomic mass is 79.9. The number of hydrogen-bond donors (Lipinski definition) is 0. The molecule has 0 N–H and O–H groups in total. The maximum atomic E-state index is 3.87. The first-order chi connectivity index (χ1) is 28.7. The number of anilines is 6. The van der Waals surface area contributed by atoms with E-state index < -0.39 is 0 Å². The Labute approximate surface area is 347 Å². The van der Waals surface area contributed by atoms with Crippen molar-refractivity contribution in [2.45, 2.75) is 0 Å². The molecule has 0 fully saturated rings. The third-order valence-corrected chi connectivity index (χ3v) is 11.3. The lowest BCUT2D eigenvalue weighted by atomic mass is 9.94. The standard InChI is InChI=1S/C54H38BrN3/c55-41-24-18-31-45(36-41)57(54-47(39-20-6-1-7-21-39)33-19-34-48(54)40-22-8-2-9-23-40)46-37-51(56(42-25-10-3-11-26-42)43-27-12-4-13-28-43)53-49-32-16-17-35-50(49)58(52(53)38-46)44-29-14-5-15-30-44/h1-38H.